The number of benzene rings is 1. The molecule has 3 rings (SSSR count). The Kier molecular flexibility index (Phi) is 6.10. The van der Waals surface area contributed by atoms with Crippen molar-refractivity contribution in [1.29, 1.82) is 0 Å². The van der Waals surface area contributed by atoms with Gasteiger partial charge in [0.2, 0.25) is 0 Å². The van der Waals surface area contributed by atoms with Gasteiger partial charge in [0, 0.05) is 24.4 Å². The van der Waals surface area contributed by atoms with E-state index in [9.17, 15) is 22.4 Å². The first-order valence-electron chi connectivity index (χ1n) is 9.78. The van der Waals surface area contributed by atoms with Gasteiger partial charge in [-0.05, 0) is 45.2 Å². The third-order valence-corrected chi connectivity index (χ3v) is 4.91. The van der Waals surface area contributed by atoms with Crippen LogP contribution in [0, 0.1) is 5.82 Å². The SMILES string of the molecule is CC(C)(C)OC(=O)N[C@@H]1CC[C@@H](c2ccccc2F)Cn2c(CC(F)(F)F)cnc21. The number of imidazole rings is 1. The molecular weight excluding hydrogens is 402 g/mol. The van der Waals surface area contributed by atoms with E-state index in [0.717, 1.165) is 0 Å². The lowest BCUT2D eigenvalue weighted by Gasteiger charge is -2.23. The molecule has 164 valence electrons. The molecular formula is C21H25F4N3O2. The van der Waals surface area contributed by atoms with Gasteiger partial charge in [-0.15, -0.1) is 0 Å². The van der Waals surface area contributed by atoms with Gasteiger partial charge < -0.3 is 14.6 Å². The molecule has 0 saturated carbocycles. The highest BCUT2D eigenvalue weighted by Crippen LogP contribution is 2.35. The Hall–Kier alpha value is -2.58. The quantitative estimate of drug-likeness (QED) is 0.679. The zero-order chi connectivity index (χ0) is 22.1. The Morgan fingerprint density at radius 1 is 1.23 bits per heavy atom. The second-order valence-electron chi connectivity index (χ2n) is 8.50. The summed E-state index contributed by atoms with van der Waals surface area (Å²) in [6.45, 7) is 5.30. The largest absolute Gasteiger partial charge is 0.444 e. The zero-order valence-electron chi connectivity index (χ0n) is 17.1. The third kappa shape index (κ3) is 5.52. The van der Waals surface area contributed by atoms with Crippen molar-refractivity contribution in [2.45, 2.75) is 70.3 Å². The van der Waals surface area contributed by atoms with Crippen molar-refractivity contribution in [2.24, 2.45) is 0 Å². The average Bonchev–Trinajstić information content (AvgIpc) is 2.87. The van der Waals surface area contributed by atoms with Crippen LogP contribution in [-0.2, 0) is 17.7 Å². The number of alkyl carbamates (subject to hydrolysis) is 1. The summed E-state index contributed by atoms with van der Waals surface area (Å²) >= 11 is 0. The highest BCUT2D eigenvalue weighted by Gasteiger charge is 2.35. The summed E-state index contributed by atoms with van der Waals surface area (Å²) in [6.07, 6.45) is -4.20. The lowest BCUT2D eigenvalue weighted by Crippen LogP contribution is -2.35. The number of ether oxygens (including phenoxy) is 1. The Balaban J connectivity index is 1.94. The van der Waals surface area contributed by atoms with Gasteiger partial charge in [-0.3, -0.25) is 0 Å². The van der Waals surface area contributed by atoms with Gasteiger partial charge in [-0.1, -0.05) is 18.2 Å². The van der Waals surface area contributed by atoms with E-state index in [1.165, 1.54) is 16.8 Å². The fourth-order valence-corrected chi connectivity index (χ4v) is 3.72. The molecule has 2 heterocycles. The van der Waals surface area contributed by atoms with Crippen LogP contribution >= 0.6 is 0 Å². The second kappa shape index (κ2) is 8.28. The van der Waals surface area contributed by atoms with Crippen molar-refractivity contribution in [3.8, 4) is 0 Å². The van der Waals surface area contributed by atoms with E-state index >= 15 is 0 Å². The zero-order valence-corrected chi connectivity index (χ0v) is 17.1. The normalized spacial score (nSPS) is 19.7. The molecule has 2 aromatic rings. The number of hydrogen-bond acceptors (Lipinski definition) is 3. The van der Waals surface area contributed by atoms with Gasteiger partial charge in [0.1, 0.15) is 17.2 Å². The van der Waals surface area contributed by atoms with Crippen molar-refractivity contribution in [1.82, 2.24) is 14.9 Å². The maximum absolute atomic E-state index is 14.4. The molecule has 5 nitrogen and oxygen atoms in total. The second-order valence-corrected chi connectivity index (χ2v) is 8.50. The number of carbonyl (C=O) groups is 1. The summed E-state index contributed by atoms with van der Waals surface area (Å²) in [4.78, 5) is 16.5. The number of alkyl halides is 3. The highest BCUT2D eigenvalue weighted by atomic mass is 19.4. The molecule has 1 aliphatic heterocycles. The molecule has 1 aliphatic rings. The summed E-state index contributed by atoms with van der Waals surface area (Å²) in [6, 6.07) is 5.60. The van der Waals surface area contributed by atoms with Crippen molar-refractivity contribution in [3.63, 3.8) is 0 Å². The van der Waals surface area contributed by atoms with E-state index in [4.69, 9.17) is 4.74 Å². The number of hydrogen-bond donors (Lipinski definition) is 1. The molecule has 2 atom stereocenters. The first kappa shape index (κ1) is 22.1. The molecule has 0 spiro atoms. The van der Waals surface area contributed by atoms with Gasteiger partial charge in [0.15, 0.2) is 0 Å². The molecule has 0 bridgehead atoms. The number of amides is 1. The average molecular weight is 427 g/mol. The Bertz CT molecular complexity index is 902. The molecule has 1 aromatic carbocycles. The minimum atomic E-state index is -4.41. The molecule has 0 unspecified atom stereocenters. The summed E-state index contributed by atoms with van der Waals surface area (Å²) < 4.78 is 60.4. The first-order chi connectivity index (χ1) is 13.9. The monoisotopic (exact) mass is 427 g/mol. The summed E-state index contributed by atoms with van der Waals surface area (Å²) in [5, 5.41) is 2.71. The van der Waals surface area contributed by atoms with Crippen molar-refractivity contribution in [2.75, 3.05) is 0 Å². The maximum Gasteiger partial charge on any atom is 0.408 e. The van der Waals surface area contributed by atoms with E-state index in [0.29, 0.717) is 24.2 Å². The minimum Gasteiger partial charge on any atom is -0.444 e. The Morgan fingerprint density at radius 2 is 1.93 bits per heavy atom. The highest BCUT2D eigenvalue weighted by molar-refractivity contribution is 5.68. The minimum absolute atomic E-state index is 0.0169. The molecule has 1 aromatic heterocycles. The van der Waals surface area contributed by atoms with Crippen LogP contribution in [0.5, 0.6) is 0 Å². The third-order valence-electron chi connectivity index (χ3n) is 4.91. The van der Waals surface area contributed by atoms with Crippen LogP contribution in [0.4, 0.5) is 22.4 Å². The maximum atomic E-state index is 14.4. The van der Waals surface area contributed by atoms with Crippen molar-refractivity contribution >= 4 is 6.09 Å². The molecule has 0 fully saturated rings. The topological polar surface area (TPSA) is 56.1 Å². The van der Waals surface area contributed by atoms with E-state index in [1.807, 2.05) is 0 Å². The van der Waals surface area contributed by atoms with Crippen LogP contribution in [0.25, 0.3) is 0 Å². The van der Waals surface area contributed by atoms with Gasteiger partial charge in [-0.2, -0.15) is 13.2 Å². The summed E-state index contributed by atoms with van der Waals surface area (Å²) in [5.74, 6) is -0.435. The molecule has 9 heteroatoms. The summed E-state index contributed by atoms with van der Waals surface area (Å²) in [5.41, 5.74) is -0.300. The molecule has 1 amide bonds. The lowest BCUT2D eigenvalue weighted by atomic mass is 9.93. The van der Waals surface area contributed by atoms with Crippen molar-refractivity contribution in [3.05, 3.63) is 53.4 Å². The van der Waals surface area contributed by atoms with Gasteiger partial charge in [0.25, 0.3) is 0 Å². The van der Waals surface area contributed by atoms with Crippen LogP contribution < -0.4 is 5.32 Å². The standard InChI is InChI=1S/C21H25F4N3O2/c1-20(2,3)30-19(29)27-17-9-8-13(15-6-4-5-7-16(15)22)12-28-14(10-21(23,24)25)11-26-18(17)28/h4-7,11,13,17H,8-10,12H2,1-3H3,(H,27,29)/t13-,17-/m1/s1. The van der Waals surface area contributed by atoms with Crippen LogP contribution in [0.15, 0.2) is 30.5 Å². The van der Waals surface area contributed by atoms with Gasteiger partial charge >= 0.3 is 12.3 Å². The van der Waals surface area contributed by atoms with Gasteiger partial charge in [0.05, 0.1) is 12.5 Å². The summed E-state index contributed by atoms with van der Waals surface area (Å²) in [7, 11) is 0. The number of halogens is 4. The fraction of sp³-hybridized carbons (Fsp3) is 0.524. The number of carbonyl (C=O) groups excluding carboxylic acids is 1. The lowest BCUT2D eigenvalue weighted by molar-refractivity contribution is -0.128. The number of fused-ring (bicyclic) bond motifs is 1. The van der Waals surface area contributed by atoms with Crippen LogP contribution in [-0.4, -0.2) is 27.4 Å². The molecule has 0 aliphatic carbocycles. The molecule has 0 radical (unpaired) electrons. The number of rotatable bonds is 3. The Labute approximate surface area is 172 Å². The smallest absolute Gasteiger partial charge is 0.408 e. The molecule has 0 saturated heterocycles. The van der Waals surface area contributed by atoms with Crippen LogP contribution in [0.2, 0.25) is 0 Å². The number of nitrogens with one attached hydrogen (secondary N) is 1. The van der Waals surface area contributed by atoms with E-state index in [-0.39, 0.29) is 18.2 Å². The van der Waals surface area contributed by atoms with E-state index in [1.54, 1.807) is 39.0 Å². The predicted octanol–water partition coefficient (Wildman–Crippen LogP) is 5.27. The van der Waals surface area contributed by atoms with Crippen LogP contribution in [0.1, 0.15) is 62.7 Å². The van der Waals surface area contributed by atoms with Crippen LogP contribution in [0.3, 0.4) is 0 Å². The van der Waals surface area contributed by atoms with E-state index < -0.39 is 36.2 Å². The van der Waals surface area contributed by atoms with Gasteiger partial charge in [-0.25, -0.2) is 14.2 Å². The molecule has 1 N–H and O–H groups in total. The Morgan fingerprint density at radius 3 is 2.57 bits per heavy atom. The first-order valence-corrected chi connectivity index (χ1v) is 9.78. The van der Waals surface area contributed by atoms with E-state index in [2.05, 4.69) is 10.3 Å². The predicted molar refractivity (Wildman–Crippen MR) is 102 cm³/mol. The number of nitrogens with zero attached hydrogens (tertiary/aromatic N) is 2. The van der Waals surface area contributed by atoms with Crippen molar-refractivity contribution < 1.29 is 27.1 Å². The molecule has 30 heavy (non-hydrogen) atoms. The number of aromatic nitrogens is 2. The fourth-order valence-electron chi connectivity index (χ4n) is 3.72.